The normalized spacial score (nSPS) is 19.7. The van der Waals surface area contributed by atoms with Crippen molar-refractivity contribution in [2.24, 2.45) is 0 Å². The van der Waals surface area contributed by atoms with E-state index in [1.54, 1.807) is 12.3 Å². The van der Waals surface area contributed by atoms with Crippen molar-refractivity contribution in [3.05, 3.63) is 41.2 Å². The van der Waals surface area contributed by atoms with Crippen molar-refractivity contribution >= 4 is 5.82 Å². The van der Waals surface area contributed by atoms with E-state index in [0.29, 0.717) is 30.4 Å². The van der Waals surface area contributed by atoms with Crippen LogP contribution < -0.4 is 9.64 Å². The Morgan fingerprint density at radius 2 is 2.23 bits per heavy atom. The molecule has 1 fully saturated rings. The van der Waals surface area contributed by atoms with Crippen molar-refractivity contribution in [2.75, 3.05) is 31.1 Å². The molecule has 8 heteroatoms. The first-order valence-corrected chi connectivity index (χ1v) is 8.66. The van der Waals surface area contributed by atoms with Crippen LogP contribution in [0.15, 0.2) is 18.5 Å². The second-order valence-electron chi connectivity index (χ2n) is 6.62. The van der Waals surface area contributed by atoms with Crippen LogP contribution in [-0.2, 0) is 13.0 Å². The minimum atomic E-state index is -0.262. The number of nitriles is 1. The van der Waals surface area contributed by atoms with E-state index in [4.69, 9.17) is 10.00 Å². The van der Waals surface area contributed by atoms with Crippen molar-refractivity contribution in [1.82, 2.24) is 19.9 Å². The summed E-state index contributed by atoms with van der Waals surface area (Å²) in [4.78, 5) is 17.1. The maximum absolute atomic E-state index is 14.3. The van der Waals surface area contributed by atoms with Crippen LogP contribution in [0.1, 0.15) is 23.9 Å². The predicted molar refractivity (Wildman–Crippen MR) is 92.2 cm³/mol. The molecule has 0 unspecified atom stereocenters. The smallest absolute Gasteiger partial charge is 0.217 e. The molecular weight excluding hydrogens is 335 g/mol. The van der Waals surface area contributed by atoms with Gasteiger partial charge in [0.1, 0.15) is 17.7 Å². The number of piperazine rings is 1. The van der Waals surface area contributed by atoms with Gasteiger partial charge in [-0.05, 0) is 13.0 Å². The first kappa shape index (κ1) is 16.7. The zero-order valence-electron chi connectivity index (χ0n) is 14.5. The molecule has 0 radical (unpaired) electrons. The summed E-state index contributed by atoms with van der Waals surface area (Å²) in [6.07, 6.45) is 3.83. The molecule has 4 heterocycles. The zero-order valence-corrected chi connectivity index (χ0v) is 14.5. The summed E-state index contributed by atoms with van der Waals surface area (Å²) in [7, 11) is 0. The molecule has 1 atom stereocenters. The van der Waals surface area contributed by atoms with Crippen molar-refractivity contribution < 1.29 is 9.13 Å². The van der Waals surface area contributed by atoms with Crippen LogP contribution in [0.2, 0.25) is 0 Å². The minimum absolute atomic E-state index is 0.205. The van der Waals surface area contributed by atoms with Gasteiger partial charge >= 0.3 is 0 Å². The Bertz CT molecular complexity index is 850. The molecule has 0 aliphatic carbocycles. The molecule has 134 valence electrons. The summed E-state index contributed by atoms with van der Waals surface area (Å²) < 4.78 is 19.8. The van der Waals surface area contributed by atoms with Crippen LogP contribution in [0.4, 0.5) is 10.2 Å². The fourth-order valence-electron chi connectivity index (χ4n) is 3.39. The first-order chi connectivity index (χ1) is 12.6. The Hall–Kier alpha value is -2.79. The molecule has 0 saturated carbocycles. The molecule has 0 bridgehead atoms. The number of halogens is 1. The van der Waals surface area contributed by atoms with Crippen molar-refractivity contribution in [1.29, 1.82) is 5.26 Å². The van der Waals surface area contributed by atoms with Gasteiger partial charge in [-0.25, -0.2) is 19.3 Å². The third kappa shape index (κ3) is 3.18. The van der Waals surface area contributed by atoms with Crippen LogP contribution in [0.3, 0.4) is 0 Å². The zero-order chi connectivity index (χ0) is 18.1. The number of pyridine rings is 1. The fraction of sp³-hybridized carbons (Fsp3) is 0.444. The van der Waals surface area contributed by atoms with Gasteiger partial charge in [0.25, 0.3) is 0 Å². The molecule has 0 aromatic carbocycles. The van der Waals surface area contributed by atoms with Gasteiger partial charge < -0.3 is 9.64 Å². The SMILES string of the molecule is C[C@H]1CN(c2cnc(C#N)cn2)CCN1Cc1nc2c(cc1F)CCO2. The molecule has 0 N–H and O–H groups in total. The van der Waals surface area contributed by atoms with E-state index in [2.05, 4.69) is 31.7 Å². The topological polar surface area (TPSA) is 78.2 Å². The number of hydrogen-bond donors (Lipinski definition) is 0. The standard InChI is InChI=1S/C18H19FN6O/c1-12-10-25(17-9-21-14(7-20)8-22-17)4-3-24(12)11-16-15(19)6-13-2-5-26-18(13)23-16/h6,8-9,12H,2-5,10-11H2,1H3/t12-/m0/s1. The Kier molecular flexibility index (Phi) is 4.39. The Morgan fingerprint density at radius 1 is 1.35 bits per heavy atom. The fourth-order valence-corrected chi connectivity index (χ4v) is 3.39. The second kappa shape index (κ2) is 6.84. The largest absolute Gasteiger partial charge is 0.477 e. The number of fused-ring (bicyclic) bond motifs is 1. The van der Waals surface area contributed by atoms with Gasteiger partial charge in [0.2, 0.25) is 5.88 Å². The van der Waals surface area contributed by atoms with Crippen LogP contribution in [0.25, 0.3) is 0 Å². The molecule has 2 aromatic rings. The molecule has 1 saturated heterocycles. The van der Waals surface area contributed by atoms with Crippen molar-refractivity contribution in [3.8, 4) is 11.9 Å². The number of rotatable bonds is 3. The van der Waals surface area contributed by atoms with Gasteiger partial charge in [0.05, 0.1) is 24.7 Å². The number of hydrogen-bond acceptors (Lipinski definition) is 7. The highest BCUT2D eigenvalue weighted by atomic mass is 19.1. The van der Waals surface area contributed by atoms with Crippen LogP contribution in [0, 0.1) is 17.1 Å². The monoisotopic (exact) mass is 354 g/mol. The maximum Gasteiger partial charge on any atom is 0.217 e. The van der Waals surface area contributed by atoms with E-state index in [1.165, 1.54) is 6.20 Å². The molecule has 2 aliphatic heterocycles. The van der Waals surface area contributed by atoms with E-state index in [9.17, 15) is 4.39 Å². The van der Waals surface area contributed by atoms with E-state index in [1.807, 2.05) is 6.07 Å². The van der Waals surface area contributed by atoms with E-state index >= 15 is 0 Å². The highest BCUT2D eigenvalue weighted by molar-refractivity contribution is 5.38. The van der Waals surface area contributed by atoms with E-state index < -0.39 is 0 Å². The van der Waals surface area contributed by atoms with E-state index in [-0.39, 0.29) is 11.9 Å². The van der Waals surface area contributed by atoms with Gasteiger partial charge in [0, 0.05) is 44.2 Å². The number of nitrogens with zero attached hydrogens (tertiary/aromatic N) is 6. The summed E-state index contributed by atoms with van der Waals surface area (Å²) in [5.74, 6) is 1.06. The third-order valence-corrected chi connectivity index (χ3v) is 4.89. The highest BCUT2D eigenvalue weighted by Crippen LogP contribution is 2.26. The van der Waals surface area contributed by atoms with Crippen molar-refractivity contribution in [3.63, 3.8) is 0 Å². The first-order valence-electron chi connectivity index (χ1n) is 8.66. The Labute approximate surface area is 151 Å². The van der Waals surface area contributed by atoms with Gasteiger partial charge in [0.15, 0.2) is 5.69 Å². The molecule has 4 rings (SSSR count). The Balaban J connectivity index is 1.43. The average Bonchev–Trinajstić information content (AvgIpc) is 3.10. The number of aromatic nitrogens is 3. The predicted octanol–water partition coefficient (Wildman–Crippen LogP) is 1.53. The van der Waals surface area contributed by atoms with Gasteiger partial charge in [-0.1, -0.05) is 0 Å². The lowest BCUT2D eigenvalue weighted by molar-refractivity contribution is 0.175. The lowest BCUT2D eigenvalue weighted by Gasteiger charge is -2.40. The Morgan fingerprint density at radius 3 is 2.96 bits per heavy atom. The summed E-state index contributed by atoms with van der Waals surface area (Å²) >= 11 is 0. The molecule has 0 amide bonds. The summed E-state index contributed by atoms with van der Waals surface area (Å²) in [6, 6.07) is 3.73. The summed E-state index contributed by atoms with van der Waals surface area (Å²) in [6.45, 7) is 5.41. The lowest BCUT2D eigenvalue weighted by atomic mass is 10.1. The molecule has 7 nitrogen and oxygen atoms in total. The number of anilines is 1. The molecule has 26 heavy (non-hydrogen) atoms. The minimum Gasteiger partial charge on any atom is -0.477 e. The lowest BCUT2D eigenvalue weighted by Crippen LogP contribution is -2.51. The van der Waals surface area contributed by atoms with Gasteiger partial charge in [-0.15, -0.1) is 0 Å². The van der Waals surface area contributed by atoms with E-state index in [0.717, 1.165) is 37.4 Å². The number of ether oxygens (including phenoxy) is 1. The van der Waals surface area contributed by atoms with Crippen LogP contribution in [-0.4, -0.2) is 52.1 Å². The van der Waals surface area contributed by atoms with Gasteiger partial charge in [-0.2, -0.15) is 5.26 Å². The summed E-state index contributed by atoms with van der Waals surface area (Å²) in [5, 5.41) is 8.82. The summed E-state index contributed by atoms with van der Waals surface area (Å²) in [5.41, 5.74) is 1.59. The molecule has 2 aliphatic rings. The quantitative estimate of drug-likeness (QED) is 0.827. The van der Waals surface area contributed by atoms with Crippen LogP contribution in [0.5, 0.6) is 5.88 Å². The van der Waals surface area contributed by atoms with Crippen molar-refractivity contribution in [2.45, 2.75) is 25.9 Å². The third-order valence-electron chi connectivity index (χ3n) is 4.89. The average molecular weight is 354 g/mol. The molecular formula is C18H19FN6O. The second-order valence-corrected chi connectivity index (χ2v) is 6.62. The molecule has 0 spiro atoms. The van der Waals surface area contributed by atoms with Gasteiger partial charge in [-0.3, -0.25) is 4.90 Å². The van der Waals surface area contributed by atoms with Crippen LogP contribution >= 0.6 is 0 Å². The molecule has 2 aromatic heterocycles. The maximum atomic E-state index is 14.3. The highest BCUT2D eigenvalue weighted by Gasteiger charge is 2.27.